The molecular weight excluding hydrogens is 378 g/mol. The van der Waals surface area contributed by atoms with Crippen LogP contribution in [0.4, 0.5) is 0 Å². The molecule has 4 rings (SSSR count). The lowest BCUT2D eigenvalue weighted by Crippen LogP contribution is -2.70. The van der Waals surface area contributed by atoms with Gasteiger partial charge in [-0.05, 0) is 18.1 Å². The van der Waals surface area contributed by atoms with Crippen molar-refractivity contribution in [3.05, 3.63) is 47.2 Å². The number of amides is 2. The van der Waals surface area contributed by atoms with E-state index in [0.29, 0.717) is 24.7 Å². The first-order chi connectivity index (χ1) is 13.4. The summed E-state index contributed by atoms with van der Waals surface area (Å²) in [5.41, 5.74) is 1.87. The Morgan fingerprint density at radius 3 is 2.79 bits per heavy atom. The number of carbonyl (C=O) groups excluding carboxylic acids is 2. The number of carbonyl (C=O) groups is 2. The molecule has 8 heteroatoms. The summed E-state index contributed by atoms with van der Waals surface area (Å²) in [6.07, 6.45) is 3.77. The Labute approximate surface area is 169 Å². The number of benzene rings is 1. The number of aromatic nitrogens is 2. The van der Waals surface area contributed by atoms with Gasteiger partial charge in [0.2, 0.25) is 11.8 Å². The summed E-state index contributed by atoms with van der Waals surface area (Å²) in [5, 5.41) is 7.95. The number of nitrogens with one attached hydrogen (secondary N) is 1. The fourth-order valence-electron chi connectivity index (χ4n) is 3.88. The van der Waals surface area contributed by atoms with Gasteiger partial charge in [-0.1, -0.05) is 37.6 Å². The standard InChI is InChI=1S/C20H24ClN5O2/c1-13(2)18-20(28)25-8-7-24(12-17(25)19(27)23-18)10-14-9-22-26(11-14)16-6-4-3-5-15(16)21/h3-6,9,11,13,17-18H,7-8,10,12H2,1-2H3,(H,23,27)/t17-,18-/m1/s1. The zero-order valence-electron chi connectivity index (χ0n) is 16.0. The number of halogens is 1. The number of hydrogen-bond acceptors (Lipinski definition) is 4. The van der Waals surface area contributed by atoms with Crippen molar-refractivity contribution in [2.45, 2.75) is 32.5 Å². The van der Waals surface area contributed by atoms with Crippen molar-refractivity contribution in [2.75, 3.05) is 19.6 Å². The number of piperazine rings is 2. The smallest absolute Gasteiger partial charge is 0.246 e. The van der Waals surface area contributed by atoms with Gasteiger partial charge in [-0.2, -0.15) is 5.10 Å². The van der Waals surface area contributed by atoms with Gasteiger partial charge < -0.3 is 10.2 Å². The Morgan fingerprint density at radius 2 is 2.04 bits per heavy atom. The Hall–Kier alpha value is -2.38. The summed E-state index contributed by atoms with van der Waals surface area (Å²) in [6, 6.07) is 6.72. The van der Waals surface area contributed by atoms with E-state index in [4.69, 9.17) is 11.6 Å². The molecule has 3 heterocycles. The number of rotatable bonds is 4. The van der Waals surface area contributed by atoms with Crippen LogP contribution in [0, 0.1) is 5.92 Å². The largest absolute Gasteiger partial charge is 0.342 e. The fourth-order valence-corrected chi connectivity index (χ4v) is 4.10. The van der Waals surface area contributed by atoms with Crippen LogP contribution in [0.25, 0.3) is 5.69 Å². The van der Waals surface area contributed by atoms with Crippen LogP contribution in [0.1, 0.15) is 19.4 Å². The zero-order chi connectivity index (χ0) is 19.8. The first-order valence-corrected chi connectivity index (χ1v) is 9.93. The molecule has 0 spiro atoms. The van der Waals surface area contributed by atoms with E-state index in [1.54, 1.807) is 9.58 Å². The second-order valence-corrected chi connectivity index (χ2v) is 8.16. The summed E-state index contributed by atoms with van der Waals surface area (Å²) >= 11 is 6.25. The molecular formula is C20H24ClN5O2. The van der Waals surface area contributed by atoms with Gasteiger partial charge >= 0.3 is 0 Å². The van der Waals surface area contributed by atoms with E-state index < -0.39 is 12.1 Å². The summed E-state index contributed by atoms with van der Waals surface area (Å²) in [4.78, 5) is 29.2. The Bertz CT molecular complexity index is 896. The molecule has 1 aromatic carbocycles. The third-order valence-electron chi connectivity index (χ3n) is 5.42. The SMILES string of the molecule is CC(C)[C@H]1NC(=O)[C@H]2CN(Cc3cnn(-c4ccccc4Cl)c3)CCN2C1=O. The predicted molar refractivity (Wildman–Crippen MR) is 106 cm³/mol. The number of hydrogen-bond donors (Lipinski definition) is 1. The molecule has 2 saturated heterocycles. The highest BCUT2D eigenvalue weighted by Gasteiger charge is 2.44. The highest BCUT2D eigenvalue weighted by Crippen LogP contribution is 2.22. The minimum absolute atomic E-state index is 0.0331. The summed E-state index contributed by atoms with van der Waals surface area (Å²) in [5.74, 6) is 0.0617. The van der Waals surface area contributed by atoms with Gasteiger partial charge in [0, 0.05) is 37.9 Å². The lowest BCUT2D eigenvalue weighted by atomic mass is 9.96. The van der Waals surface area contributed by atoms with E-state index in [1.165, 1.54) is 0 Å². The number of fused-ring (bicyclic) bond motifs is 1. The topological polar surface area (TPSA) is 70.5 Å². The van der Waals surface area contributed by atoms with Crippen LogP contribution < -0.4 is 5.32 Å². The van der Waals surface area contributed by atoms with Crippen LogP contribution in [0.5, 0.6) is 0 Å². The van der Waals surface area contributed by atoms with Crippen molar-refractivity contribution in [3.8, 4) is 5.69 Å². The van der Waals surface area contributed by atoms with Gasteiger partial charge in [0.1, 0.15) is 12.1 Å². The van der Waals surface area contributed by atoms with Crippen molar-refractivity contribution in [1.29, 1.82) is 0 Å². The van der Waals surface area contributed by atoms with E-state index >= 15 is 0 Å². The minimum atomic E-state index is -0.421. The maximum atomic E-state index is 12.7. The Kier molecular flexibility index (Phi) is 5.12. The van der Waals surface area contributed by atoms with Crippen molar-refractivity contribution >= 4 is 23.4 Å². The van der Waals surface area contributed by atoms with Crippen molar-refractivity contribution in [3.63, 3.8) is 0 Å². The second-order valence-electron chi connectivity index (χ2n) is 7.76. The van der Waals surface area contributed by atoms with Crippen LogP contribution in [0.2, 0.25) is 5.02 Å². The second kappa shape index (κ2) is 7.56. The summed E-state index contributed by atoms with van der Waals surface area (Å²) in [7, 11) is 0. The van der Waals surface area contributed by atoms with E-state index in [1.807, 2.05) is 50.5 Å². The number of nitrogens with zero attached hydrogens (tertiary/aromatic N) is 4. The van der Waals surface area contributed by atoms with Crippen LogP contribution in [0.15, 0.2) is 36.7 Å². The molecule has 0 bridgehead atoms. The average Bonchev–Trinajstić information content (AvgIpc) is 3.13. The third-order valence-corrected chi connectivity index (χ3v) is 5.74. The molecule has 1 N–H and O–H groups in total. The molecule has 148 valence electrons. The fraction of sp³-hybridized carbons (Fsp3) is 0.450. The lowest BCUT2D eigenvalue weighted by Gasteiger charge is -2.46. The molecule has 0 unspecified atom stereocenters. The highest BCUT2D eigenvalue weighted by molar-refractivity contribution is 6.32. The van der Waals surface area contributed by atoms with Gasteiger partial charge in [-0.25, -0.2) is 4.68 Å². The molecule has 0 aliphatic carbocycles. The third kappa shape index (κ3) is 3.52. The average molecular weight is 402 g/mol. The molecule has 1 aromatic heterocycles. The van der Waals surface area contributed by atoms with Gasteiger partial charge in [0.05, 0.1) is 16.9 Å². The van der Waals surface area contributed by atoms with Crippen LogP contribution in [-0.4, -0.2) is 63.1 Å². The van der Waals surface area contributed by atoms with Gasteiger partial charge in [-0.3, -0.25) is 14.5 Å². The molecule has 28 heavy (non-hydrogen) atoms. The van der Waals surface area contributed by atoms with Crippen molar-refractivity contribution < 1.29 is 9.59 Å². The Morgan fingerprint density at radius 1 is 1.25 bits per heavy atom. The molecule has 2 aliphatic heterocycles. The zero-order valence-corrected chi connectivity index (χ0v) is 16.8. The van der Waals surface area contributed by atoms with Gasteiger partial charge in [-0.15, -0.1) is 0 Å². The van der Waals surface area contributed by atoms with E-state index in [0.717, 1.165) is 17.8 Å². The Balaban J connectivity index is 1.44. The maximum Gasteiger partial charge on any atom is 0.246 e. The van der Waals surface area contributed by atoms with Gasteiger partial charge in [0.15, 0.2) is 0 Å². The van der Waals surface area contributed by atoms with E-state index in [2.05, 4.69) is 15.3 Å². The molecule has 0 saturated carbocycles. The predicted octanol–water partition coefficient (Wildman–Crippen LogP) is 1.69. The first-order valence-electron chi connectivity index (χ1n) is 9.55. The monoisotopic (exact) mass is 401 g/mol. The van der Waals surface area contributed by atoms with E-state index in [-0.39, 0.29) is 17.7 Å². The number of para-hydroxylation sites is 1. The summed E-state index contributed by atoms with van der Waals surface area (Å²) < 4.78 is 1.76. The van der Waals surface area contributed by atoms with Crippen LogP contribution >= 0.6 is 11.6 Å². The molecule has 7 nitrogen and oxygen atoms in total. The van der Waals surface area contributed by atoms with Crippen molar-refractivity contribution in [1.82, 2.24) is 24.9 Å². The van der Waals surface area contributed by atoms with Crippen LogP contribution in [0.3, 0.4) is 0 Å². The molecule has 2 amide bonds. The maximum absolute atomic E-state index is 12.7. The summed E-state index contributed by atoms with van der Waals surface area (Å²) in [6.45, 7) is 6.41. The minimum Gasteiger partial charge on any atom is -0.342 e. The van der Waals surface area contributed by atoms with Crippen molar-refractivity contribution in [2.24, 2.45) is 5.92 Å². The highest BCUT2D eigenvalue weighted by atomic mass is 35.5. The molecule has 2 aliphatic rings. The lowest BCUT2D eigenvalue weighted by molar-refractivity contribution is -0.154. The first kappa shape index (κ1) is 19.0. The molecule has 2 fully saturated rings. The quantitative estimate of drug-likeness (QED) is 0.846. The molecule has 2 aromatic rings. The van der Waals surface area contributed by atoms with Gasteiger partial charge in [0.25, 0.3) is 0 Å². The normalized spacial score (nSPS) is 23.1. The van der Waals surface area contributed by atoms with Crippen LogP contribution in [-0.2, 0) is 16.1 Å². The molecule has 0 radical (unpaired) electrons. The van der Waals surface area contributed by atoms with E-state index in [9.17, 15) is 9.59 Å². The molecule has 2 atom stereocenters.